The van der Waals surface area contributed by atoms with Crippen molar-refractivity contribution in [2.45, 2.75) is 6.92 Å². The van der Waals surface area contributed by atoms with E-state index in [0.717, 1.165) is 5.56 Å². The Labute approximate surface area is 131 Å². The van der Waals surface area contributed by atoms with E-state index in [1.807, 2.05) is 0 Å². The van der Waals surface area contributed by atoms with Gasteiger partial charge in [-0.1, -0.05) is 29.3 Å². The van der Waals surface area contributed by atoms with Crippen LogP contribution in [0.2, 0.25) is 10.0 Å². The average molecular weight is 328 g/mol. The minimum atomic E-state index is -0.493. The number of benzene rings is 2. The van der Waals surface area contributed by atoms with Gasteiger partial charge in [-0.2, -0.15) is 0 Å². The standard InChI is InChI=1S/C15H12Cl2FNO2/c1-9-2-4-13(12(18)6-9)19-15(20)8-21-14-5-3-10(16)7-11(14)17/h2-7H,8H2,1H3,(H,19,20). The number of hydrogen-bond acceptors (Lipinski definition) is 2. The van der Waals surface area contributed by atoms with Gasteiger partial charge in [0.1, 0.15) is 11.6 Å². The van der Waals surface area contributed by atoms with E-state index in [1.165, 1.54) is 18.2 Å². The molecule has 1 N–H and O–H groups in total. The molecule has 2 aromatic rings. The Bertz CT molecular complexity index is 677. The summed E-state index contributed by atoms with van der Waals surface area (Å²) in [6.07, 6.45) is 0. The lowest BCUT2D eigenvalue weighted by Gasteiger charge is -2.09. The average Bonchev–Trinajstić information content (AvgIpc) is 2.41. The highest BCUT2D eigenvalue weighted by Gasteiger charge is 2.09. The van der Waals surface area contributed by atoms with Gasteiger partial charge in [-0.25, -0.2) is 4.39 Å². The Morgan fingerprint density at radius 2 is 2.00 bits per heavy atom. The maximum absolute atomic E-state index is 13.6. The van der Waals surface area contributed by atoms with E-state index in [4.69, 9.17) is 27.9 Å². The van der Waals surface area contributed by atoms with Gasteiger partial charge in [0.2, 0.25) is 0 Å². The van der Waals surface area contributed by atoms with Crippen molar-refractivity contribution in [3.8, 4) is 5.75 Å². The van der Waals surface area contributed by atoms with Gasteiger partial charge in [0.05, 0.1) is 10.7 Å². The summed E-state index contributed by atoms with van der Waals surface area (Å²) >= 11 is 11.7. The van der Waals surface area contributed by atoms with Crippen LogP contribution in [-0.4, -0.2) is 12.5 Å². The molecule has 21 heavy (non-hydrogen) atoms. The minimum absolute atomic E-state index is 0.108. The number of halogens is 3. The second kappa shape index (κ2) is 6.78. The maximum Gasteiger partial charge on any atom is 0.262 e. The van der Waals surface area contributed by atoms with Crippen LogP contribution >= 0.6 is 23.2 Å². The van der Waals surface area contributed by atoms with Crippen molar-refractivity contribution in [1.82, 2.24) is 0 Å². The highest BCUT2D eigenvalue weighted by atomic mass is 35.5. The fourth-order valence-electron chi connectivity index (χ4n) is 1.64. The summed E-state index contributed by atoms with van der Waals surface area (Å²) in [5.41, 5.74) is 0.881. The highest BCUT2D eigenvalue weighted by molar-refractivity contribution is 6.35. The molecule has 0 radical (unpaired) electrons. The summed E-state index contributed by atoms with van der Waals surface area (Å²) in [5, 5.41) is 3.20. The number of hydrogen-bond donors (Lipinski definition) is 1. The molecule has 6 heteroatoms. The summed E-state index contributed by atoms with van der Waals surface area (Å²) < 4.78 is 18.9. The molecule has 0 fully saturated rings. The third kappa shape index (κ3) is 4.34. The SMILES string of the molecule is Cc1ccc(NC(=O)COc2ccc(Cl)cc2Cl)c(F)c1. The molecule has 0 aromatic heterocycles. The van der Waals surface area contributed by atoms with Crippen LogP contribution in [0, 0.1) is 12.7 Å². The third-order valence-corrected chi connectivity index (χ3v) is 3.18. The summed E-state index contributed by atoms with van der Waals surface area (Å²) in [5.74, 6) is -0.641. The van der Waals surface area contributed by atoms with Gasteiger partial charge in [0.15, 0.2) is 6.61 Å². The number of rotatable bonds is 4. The van der Waals surface area contributed by atoms with Gasteiger partial charge < -0.3 is 10.1 Å². The van der Waals surface area contributed by atoms with Crippen LogP contribution in [0.15, 0.2) is 36.4 Å². The van der Waals surface area contributed by atoms with Crippen molar-refractivity contribution >= 4 is 34.8 Å². The number of carbonyl (C=O) groups excluding carboxylic acids is 1. The topological polar surface area (TPSA) is 38.3 Å². The summed E-state index contributed by atoms with van der Waals surface area (Å²) in [7, 11) is 0. The number of anilines is 1. The van der Waals surface area contributed by atoms with Crippen molar-refractivity contribution < 1.29 is 13.9 Å². The molecule has 3 nitrogen and oxygen atoms in total. The van der Waals surface area contributed by atoms with Gasteiger partial charge in [-0.15, -0.1) is 0 Å². The van der Waals surface area contributed by atoms with Gasteiger partial charge in [-0.05, 0) is 42.8 Å². The molecular formula is C15H12Cl2FNO2. The predicted molar refractivity (Wildman–Crippen MR) is 81.7 cm³/mol. The van der Waals surface area contributed by atoms with E-state index in [9.17, 15) is 9.18 Å². The fourth-order valence-corrected chi connectivity index (χ4v) is 2.11. The summed E-state index contributed by atoms with van der Waals surface area (Å²) in [6, 6.07) is 9.21. The van der Waals surface area contributed by atoms with Crippen LogP contribution in [0.3, 0.4) is 0 Å². The van der Waals surface area contributed by atoms with Gasteiger partial charge in [-0.3, -0.25) is 4.79 Å². The molecule has 0 saturated carbocycles. The minimum Gasteiger partial charge on any atom is -0.482 e. The van der Waals surface area contributed by atoms with E-state index in [1.54, 1.807) is 25.1 Å². The van der Waals surface area contributed by atoms with Crippen LogP contribution in [0.4, 0.5) is 10.1 Å². The van der Waals surface area contributed by atoms with Crippen molar-refractivity contribution in [3.63, 3.8) is 0 Å². The summed E-state index contributed by atoms with van der Waals surface area (Å²) in [4.78, 5) is 11.7. The number of ether oxygens (including phenoxy) is 1. The van der Waals surface area contributed by atoms with E-state index >= 15 is 0 Å². The number of aryl methyl sites for hydroxylation is 1. The van der Waals surface area contributed by atoms with Crippen LogP contribution in [0.25, 0.3) is 0 Å². The van der Waals surface area contributed by atoms with E-state index in [-0.39, 0.29) is 12.3 Å². The lowest BCUT2D eigenvalue weighted by molar-refractivity contribution is -0.118. The molecule has 2 rings (SSSR count). The normalized spacial score (nSPS) is 10.3. The molecule has 0 heterocycles. The van der Waals surface area contributed by atoms with Gasteiger partial charge in [0.25, 0.3) is 5.91 Å². The first-order chi connectivity index (χ1) is 9.95. The Morgan fingerprint density at radius 3 is 2.67 bits per heavy atom. The molecule has 0 bridgehead atoms. The van der Waals surface area contributed by atoms with Gasteiger partial charge >= 0.3 is 0 Å². The molecule has 0 aliphatic carbocycles. The molecule has 1 amide bonds. The zero-order chi connectivity index (χ0) is 15.4. The lowest BCUT2D eigenvalue weighted by atomic mass is 10.2. The van der Waals surface area contributed by atoms with Crippen molar-refractivity contribution in [1.29, 1.82) is 0 Å². The predicted octanol–water partition coefficient (Wildman–Crippen LogP) is 4.46. The first kappa shape index (κ1) is 15.6. The second-order valence-electron chi connectivity index (χ2n) is 4.39. The molecule has 0 spiro atoms. The third-order valence-electron chi connectivity index (χ3n) is 2.65. The largest absolute Gasteiger partial charge is 0.482 e. The molecule has 2 aromatic carbocycles. The zero-order valence-electron chi connectivity index (χ0n) is 11.1. The van der Waals surface area contributed by atoms with Crippen molar-refractivity contribution in [2.24, 2.45) is 0 Å². The molecule has 0 aliphatic heterocycles. The Morgan fingerprint density at radius 1 is 1.24 bits per heavy atom. The van der Waals surface area contributed by atoms with E-state index in [2.05, 4.69) is 5.32 Å². The molecule has 0 aliphatic rings. The molecule has 0 unspecified atom stereocenters. The smallest absolute Gasteiger partial charge is 0.262 e. The fraction of sp³-hybridized carbons (Fsp3) is 0.133. The number of amides is 1. The second-order valence-corrected chi connectivity index (χ2v) is 5.24. The zero-order valence-corrected chi connectivity index (χ0v) is 12.6. The molecule has 0 saturated heterocycles. The Balaban J connectivity index is 1.96. The van der Waals surface area contributed by atoms with Crippen LogP contribution < -0.4 is 10.1 Å². The first-order valence-corrected chi connectivity index (χ1v) is 6.85. The molecule has 0 atom stereocenters. The van der Waals surface area contributed by atoms with E-state index in [0.29, 0.717) is 15.8 Å². The monoisotopic (exact) mass is 327 g/mol. The van der Waals surface area contributed by atoms with E-state index < -0.39 is 11.7 Å². The Kier molecular flexibility index (Phi) is 5.04. The molecule has 110 valence electrons. The highest BCUT2D eigenvalue weighted by Crippen LogP contribution is 2.27. The summed E-state index contributed by atoms with van der Waals surface area (Å²) in [6.45, 7) is 1.48. The number of carbonyl (C=O) groups is 1. The number of nitrogens with one attached hydrogen (secondary N) is 1. The lowest BCUT2D eigenvalue weighted by Crippen LogP contribution is -2.20. The van der Waals surface area contributed by atoms with Crippen LogP contribution in [-0.2, 0) is 4.79 Å². The quantitative estimate of drug-likeness (QED) is 0.900. The maximum atomic E-state index is 13.6. The van der Waals surface area contributed by atoms with Crippen molar-refractivity contribution in [2.75, 3.05) is 11.9 Å². The Hall–Kier alpha value is -1.78. The van der Waals surface area contributed by atoms with Gasteiger partial charge in [0, 0.05) is 5.02 Å². The van der Waals surface area contributed by atoms with Crippen molar-refractivity contribution in [3.05, 3.63) is 57.8 Å². The first-order valence-electron chi connectivity index (χ1n) is 6.09. The van der Waals surface area contributed by atoms with Crippen LogP contribution in [0.1, 0.15) is 5.56 Å². The molecular weight excluding hydrogens is 316 g/mol. The van der Waals surface area contributed by atoms with Crippen LogP contribution in [0.5, 0.6) is 5.75 Å².